The minimum absolute atomic E-state index is 0.00444. The highest BCUT2D eigenvalue weighted by molar-refractivity contribution is 6.03. The fraction of sp³-hybridized carbons (Fsp3) is 0.520. The zero-order valence-corrected chi connectivity index (χ0v) is 19.9. The van der Waals surface area contributed by atoms with Gasteiger partial charge in [-0.05, 0) is 49.8 Å². The Hall–Kier alpha value is -3.40. The molecule has 1 unspecified atom stereocenters. The number of carbonyl (C=O) groups excluding carboxylic acids is 2. The summed E-state index contributed by atoms with van der Waals surface area (Å²) in [7, 11) is 0. The van der Waals surface area contributed by atoms with Crippen molar-refractivity contribution in [3.63, 3.8) is 0 Å². The van der Waals surface area contributed by atoms with Crippen LogP contribution in [0.2, 0.25) is 0 Å². The predicted molar refractivity (Wildman–Crippen MR) is 129 cm³/mol. The van der Waals surface area contributed by atoms with Crippen molar-refractivity contribution < 1.29 is 24.2 Å². The van der Waals surface area contributed by atoms with Crippen LogP contribution in [-0.4, -0.2) is 65.1 Å². The summed E-state index contributed by atoms with van der Waals surface area (Å²) >= 11 is 0. The highest BCUT2D eigenvalue weighted by Crippen LogP contribution is 2.40. The Balaban J connectivity index is 1.43. The average molecular weight is 482 g/mol. The summed E-state index contributed by atoms with van der Waals surface area (Å²) in [6.45, 7) is 4.08. The Kier molecular flexibility index (Phi) is 6.46. The number of aromatic nitrogens is 2. The first-order valence-electron chi connectivity index (χ1n) is 12.3. The third-order valence-electron chi connectivity index (χ3n) is 7.25. The van der Waals surface area contributed by atoms with Gasteiger partial charge in [0.25, 0.3) is 0 Å². The lowest BCUT2D eigenvalue weighted by Crippen LogP contribution is -2.52. The van der Waals surface area contributed by atoms with Gasteiger partial charge in [-0.1, -0.05) is 6.07 Å². The lowest BCUT2D eigenvalue weighted by Gasteiger charge is -2.40. The van der Waals surface area contributed by atoms with E-state index in [9.17, 15) is 19.5 Å². The number of ether oxygens (including phenoxy) is 1. The van der Waals surface area contributed by atoms with Crippen molar-refractivity contribution in [1.29, 1.82) is 0 Å². The number of carboxylic acid groups (broad SMARTS) is 1. The van der Waals surface area contributed by atoms with Crippen molar-refractivity contribution >= 4 is 29.3 Å². The van der Waals surface area contributed by atoms with E-state index in [2.05, 4.69) is 10.4 Å². The smallest absolute Gasteiger partial charge is 0.411 e. The molecule has 0 saturated carbocycles. The molecule has 0 bridgehead atoms. The number of hydrogen-bond donors (Lipinski definition) is 2. The Morgan fingerprint density at radius 3 is 2.71 bits per heavy atom. The molecule has 1 aromatic carbocycles. The highest BCUT2D eigenvalue weighted by Gasteiger charge is 2.36. The molecule has 1 aromatic heterocycles. The van der Waals surface area contributed by atoms with E-state index in [1.165, 1.54) is 4.90 Å². The van der Waals surface area contributed by atoms with Gasteiger partial charge in [0.05, 0.1) is 29.7 Å². The number of hydrogen-bond acceptors (Lipinski definition) is 5. The highest BCUT2D eigenvalue weighted by atomic mass is 16.5. The normalized spacial score (nSPS) is 23.1. The van der Waals surface area contributed by atoms with E-state index in [-0.39, 0.29) is 36.4 Å². The molecule has 3 amide bonds. The van der Waals surface area contributed by atoms with Crippen LogP contribution in [0.3, 0.4) is 0 Å². The first kappa shape index (κ1) is 23.3. The van der Waals surface area contributed by atoms with E-state index in [0.717, 1.165) is 30.4 Å². The molecule has 10 heteroatoms. The van der Waals surface area contributed by atoms with E-state index < -0.39 is 6.09 Å². The van der Waals surface area contributed by atoms with Crippen molar-refractivity contribution in [2.75, 3.05) is 36.1 Å². The molecule has 5 rings (SSSR count). The number of nitrogens with one attached hydrogen (secondary N) is 1. The molecule has 35 heavy (non-hydrogen) atoms. The lowest BCUT2D eigenvalue weighted by atomic mass is 9.94. The summed E-state index contributed by atoms with van der Waals surface area (Å²) in [5.41, 5.74) is 2.76. The van der Waals surface area contributed by atoms with E-state index in [1.807, 2.05) is 36.0 Å². The number of anilines is 2. The van der Waals surface area contributed by atoms with Gasteiger partial charge in [-0.2, -0.15) is 5.10 Å². The summed E-state index contributed by atoms with van der Waals surface area (Å²) in [6.07, 6.45) is 5.96. The van der Waals surface area contributed by atoms with Gasteiger partial charge in [-0.3, -0.25) is 19.2 Å². The van der Waals surface area contributed by atoms with Gasteiger partial charge in [0.2, 0.25) is 11.8 Å². The molecule has 2 atom stereocenters. The van der Waals surface area contributed by atoms with Crippen LogP contribution in [0.4, 0.5) is 16.2 Å². The maximum Gasteiger partial charge on any atom is 0.411 e. The van der Waals surface area contributed by atoms with E-state index in [1.54, 1.807) is 11.1 Å². The molecule has 2 N–H and O–H groups in total. The summed E-state index contributed by atoms with van der Waals surface area (Å²) in [4.78, 5) is 40.3. The minimum Gasteiger partial charge on any atom is -0.465 e. The van der Waals surface area contributed by atoms with Gasteiger partial charge in [0.15, 0.2) is 0 Å². The average Bonchev–Trinajstić information content (AvgIpc) is 3.34. The third-order valence-corrected chi connectivity index (χ3v) is 7.25. The quantitative estimate of drug-likeness (QED) is 0.693. The first-order valence-corrected chi connectivity index (χ1v) is 12.3. The van der Waals surface area contributed by atoms with Crippen molar-refractivity contribution in [1.82, 2.24) is 15.1 Å². The SMILES string of the molecule is C[C@H]1CN(C(=O)O)c2cc(-c3cnn(C4CCNC(=O)C4)c3)ccc2N1C(=O)CC1CCOCC1. The number of fused-ring (bicyclic) bond motifs is 1. The molecule has 0 spiro atoms. The second-order valence-corrected chi connectivity index (χ2v) is 9.67. The van der Waals surface area contributed by atoms with Crippen molar-refractivity contribution in [2.45, 2.75) is 51.1 Å². The number of rotatable bonds is 4. The van der Waals surface area contributed by atoms with Crippen molar-refractivity contribution in [3.8, 4) is 11.1 Å². The van der Waals surface area contributed by atoms with Crippen LogP contribution in [-0.2, 0) is 14.3 Å². The number of nitrogens with zero attached hydrogens (tertiary/aromatic N) is 4. The van der Waals surface area contributed by atoms with Crippen LogP contribution < -0.4 is 15.1 Å². The molecule has 10 nitrogen and oxygen atoms in total. The summed E-state index contributed by atoms with van der Waals surface area (Å²) < 4.78 is 7.24. The molecular weight excluding hydrogens is 450 g/mol. The van der Waals surface area contributed by atoms with E-state index in [0.29, 0.717) is 44.0 Å². The summed E-state index contributed by atoms with van der Waals surface area (Å²) in [5.74, 6) is 0.326. The Labute approximate surface area is 203 Å². The first-order chi connectivity index (χ1) is 16.9. The van der Waals surface area contributed by atoms with Gasteiger partial charge in [-0.25, -0.2) is 4.79 Å². The number of benzene rings is 1. The maximum atomic E-state index is 13.3. The monoisotopic (exact) mass is 481 g/mol. The fourth-order valence-corrected chi connectivity index (χ4v) is 5.34. The lowest BCUT2D eigenvalue weighted by molar-refractivity contribution is -0.123. The Morgan fingerprint density at radius 2 is 1.97 bits per heavy atom. The molecule has 0 aliphatic carbocycles. The molecule has 2 fully saturated rings. The summed E-state index contributed by atoms with van der Waals surface area (Å²) in [6, 6.07) is 5.30. The zero-order valence-electron chi connectivity index (χ0n) is 19.9. The van der Waals surface area contributed by atoms with Gasteiger partial charge < -0.3 is 20.1 Å². The zero-order chi connectivity index (χ0) is 24.5. The summed E-state index contributed by atoms with van der Waals surface area (Å²) in [5, 5.41) is 17.2. The predicted octanol–water partition coefficient (Wildman–Crippen LogP) is 3.04. The standard InChI is InChI=1S/C25H31N5O5/c1-16-14-28(25(33)34)22-11-18(19-13-27-29(15-19)20-4-7-26-23(31)12-20)2-3-21(22)30(16)24(32)10-17-5-8-35-9-6-17/h2-3,11,13,15-17,20H,4-10,12,14H2,1H3,(H,26,31)(H,33,34)/t16-,20?/m0/s1. The van der Waals surface area contributed by atoms with E-state index in [4.69, 9.17) is 4.74 Å². The van der Waals surface area contributed by atoms with Crippen LogP contribution in [0.5, 0.6) is 0 Å². The topological polar surface area (TPSA) is 117 Å². The minimum atomic E-state index is -1.05. The molecule has 0 radical (unpaired) electrons. The van der Waals surface area contributed by atoms with Crippen LogP contribution in [0.1, 0.15) is 45.1 Å². The number of piperidine rings is 1. The molecule has 3 aliphatic rings. The molecule has 4 heterocycles. The third kappa shape index (κ3) is 4.75. The Bertz CT molecular complexity index is 1130. The van der Waals surface area contributed by atoms with Crippen molar-refractivity contribution in [3.05, 3.63) is 30.6 Å². The van der Waals surface area contributed by atoms with Gasteiger partial charge >= 0.3 is 6.09 Å². The second-order valence-electron chi connectivity index (χ2n) is 9.67. The van der Waals surface area contributed by atoms with Crippen LogP contribution in [0.15, 0.2) is 30.6 Å². The van der Waals surface area contributed by atoms with Crippen molar-refractivity contribution in [2.24, 2.45) is 5.92 Å². The van der Waals surface area contributed by atoms with Crippen LogP contribution >= 0.6 is 0 Å². The molecule has 3 aliphatic heterocycles. The second kappa shape index (κ2) is 9.69. The maximum absolute atomic E-state index is 13.3. The molecule has 186 valence electrons. The van der Waals surface area contributed by atoms with Gasteiger partial charge in [-0.15, -0.1) is 0 Å². The fourth-order valence-electron chi connectivity index (χ4n) is 5.34. The van der Waals surface area contributed by atoms with Gasteiger partial charge in [0, 0.05) is 50.9 Å². The van der Waals surface area contributed by atoms with Crippen LogP contribution in [0.25, 0.3) is 11.1 Å². The molecule has 2 saturated heterocycles. The number of amides is 3. The van der Waals surface area contributed by atoms with Crippen LogP contribution in [0, 0.1) is 5.92 Å². The van der Waals surface area contributed by atoms with E-state index >= 15 is 0 Å². The molecule has 2 aromatic rings. The number of carbonyl (C=O) groups is 3. The molecular formula is C25H31N5O5. The largest absolute Gasteiger partial charge is 0.465 e. The Morgan fingerprint density at radius 1 is 1.17 bits per heavy atom. The van der Waals surface area contributed by atoms with Gasteiger partial charge in [0.1, 0.15) is 0 Å².